The molecule has 0 aliphatic rings. The molecule has 0 atom stereocenters. The molecule has 146 valence electrons. The third-order valence-corrected chi connectivity index (χ3v) is 5.13. The van der Waals surface area contributed by atoms with Gasteiger partial charge in [0.25, 0.3) is 0 Å². The van der Waals surface area contributed by atoms with E-state index >= 15 is 0 Å². The standard InChI is InChI=1S/C18H12F3NO5S/c19-12-7-5-11(6-8-12)15-9-13(22-27-15)10-26-17(23)14-3-1-2-4-16(14)28(24,25)18(20)21/h1-9,18H,10H2. The fourth-order valence-corrected chi connectivity index (χ4v) is 3.24. The molecule has 0 fully saturated rings. The molecule has 0 radical (unpaired) electrons. The minimum Gasteiger partial charge on any atom is -0.455 e. The summed E-state index contributed by atoms with van der Waals surface area (Å²) in [6.07, 6.45) is 0. The van der Waals surface area contributed by atoms with Gasteiger partial charge in [-0.1, -0.05) is 17.3 Å². The lowest BCUT2D eigenvalue weighted by molar-refractivity contribution is 0.0459. The van der Waals surface area contributed by atoms with E-state index in [1.54, 1.807) is 0 Å². The van der Waals surface area contributed by atoms with Gasteiger partial charge in [-0.25, -0.2) is 17.6 Å². The summed E-state index contributed by atoms with van der Waals surface area (Å²) < 4.78 is 72.0. The molecule has 0 saturated carbocycles. The molecular formula is C18H12F3NO5S. The summed E-state index contributed by atoms with van der Waals surface area (Å²) in [6.45, 7) is -0.382. The summed E-state index contributed by atoms with van der Waals surface area (Å²) >= 11 is 0. The van der Waals surface area contributed by atoms with E-state index in [-0.39, 0.29) is 12.3 Å². The van der Waals surface area contributed by atoms with E-state index in [2.05, 4.69) is 5.16 Å². The van der Waals surface area contributed by atoms with Gasteiger partial charge in [0.1, 0.15) is 18.1 Å². The number of rotatable bonds is 6. The summed E-state index contributed by atoms with van der Waals surface area (Å²) in [4.78, 5) is 11.4. The Hall–Kier alpha value is -3.14. The lowest BCUT2D eigenvalue weighted by Gasteiger charge is -2.09. The molecular weight excluding hydrogens is 399 g/mol. The largest absolute Gasteiger partial charge is 0.455 e. The highest BCUT2D eigenvalue weighted by molar-refractivity contribution is 7.91. The Balaban J connectivity index is 1.75. The van der Waals surface area contributed by atoms with Crippen molar-refractivity contribution in [1.29, 1.82) is 0 Å². The minimum absolute atomic E-state index is 0.196. The Morgan fingerprint density at radius 3 is 2.46 bits per heavy atom. The lowest BCUT2D eigenvalue weighted by Crippen LogP contribution is -2.17. The minimum atomic E-state index is -4.97. The molecule has 1 heterocycles. The topological polar surface area (TPSA) is 86.5 Å². The number of ether oxygens (including phenoxy) is 1. The van der Waals surface area contributed by atoms with E-state index in [1.165, 1.54) is 42.5 Å². The van der Waals surface area contributed by atoms with Crippen molar-refractivity contribution >= 4 is 15.8 Å². The van der Waals surface area contributed by atoms with Crippen LogP contribution in [0.4, 0.5) is 13.2 Å². The predicted octanol–water partition coefficient (Wildman–Crippen LogP) is 3.83. The van der Waals surface area contributed by atoms with Crippen molar-refractivity contribution in [3.63, 3.8) is 0 Å². The smallest absolute Gasteiger partial charge is 0.341 e. The van der Waals surface area contributed by atoms with E-state index in [0.29, 0.717) is 11.3 Å². The van der Waals surface area contributed by atoms with Crippen LogP contribution >= 0.6 is 0 Å². The van der Waals surface area contributed by atoms with E-state index in [1.807, 2.05) is 0 Å². The normalized spacial score (nSPS) is 11.6. The Morgan fingerprint density at radius 2 is 1.79 bits per heavy atom. The number of sulfone groups is 1. The van der Waals surface area contributed by atoms with Gasteiger partial charge in [0.05, 0.1) is 10.5 Å². The molecule has 0 spiro atoms. The quantitative estimate of drug-likeness (QED) is 0.573. The summed E-state index contributed by atoms with van der Waals surface area (Å²) in [5.41, 5.74) is 0.228. The van der Waals surface area contributed by atoms with Gasteiger partial charge in [0, 0.05) is 11.6 Å². The number of benzene rings is 2. The number of aromatic nitrogens is 1. The van der Waals surface area contributed by atoms with Gasteiger partial charge in [0.15, 0.2) is 5.76 Å². The van der Waals surface area contributed by atoms with Crippen molar-refractivity contribution in [2.45, 2.75) is 17.3 Å². The van der Waals surface area contributed by atoms with Crippen LogP contribution in [0.3, 0.4) is 0 Å². The van der Waals surface area contributed by atoms with Gasteiger partial charge in [-0.05, 0) is 36.4 Å². The molecule has 2 aromatic carbocycles. The second-order valence-corrected chi connectivity index (χ2v) is 7.45. The average molecular weight is 411 g/mol. The van der Waals surface area contributed by atoms with Crippen molar-refractivity contribution in [3.8, 4) is 11.3 Å². The van der Waals surface area contributed by atoms with Crippen molar-refractivity contribution in [1.82, 2.24) is 5.16 Å². The first kappa shape index (κ1) is 19.6. The number of carbonyl (C=O) groups is 1. The van der Waals surface area contributed by atoms with Crippen LogP contribution in [0.15, 0.2) is 64.0 Å². The Kier molecular flexibility index (Phi) is 5.50. The zero-order chi connectivity index (χ0) is 20.3. The maximum absolute atomic E-state index is 13.0. The first-order valence-corrected chi connectivity index (χ1v) is 9.33. The Bertz CT molecular complexity index is 1090. The van der Waals surface area contributed by atoms with Crippen LogP contribution in [-0.4, -0.2) is 25.3 Å². The highest BCUT2D eigenvalue weighted by Crippen LogP contribution is 2.24. The number of alkyl halides is 2. The second kappa shape index (κ2) is 7.85. The van der Waals surface area contributed by atoms with Crippen molar-refractivity contribution < 1.29 is 35.6 Å². The number of esters is 1. The molecule has 28 heavy (non-hydrogen) atoms. The molecule has 0 bridgehead atoms. The number of nitrogens with zero attached hydrogens (tertiary/aromatic N) is 1. The summed E-state index contributed by atoms with van der Waals surface area (Å²) in [5.74, 6) is -4.90. The zero-order valence-corrected chi connectivity index (χ0v) is 14.8. The van der Waals surface area contributed by atoms with Gasteiger partial charge in [-0.3, -0.25) is 0 Å². The molecule has 3 rings (SSSR count). The molecule has 0 saturated heterocycles. The summed E-state index contributed by atoms with van der Waals surface area (Å²) in [6, 6.07) is 11.4. The highest BCUT2D eigenvalue weighted by atomic mass is 32.2. The highest BCUT2D eigenvalue weighted by Gasteiger charge is 2.31. The van der Waals surface area contributed by atoms with E-state index in [4.69, 9.17) is 9.26 Å². The maximum atomic E-state index is 13.0. The van der Waals surface area contributed by atoms with Crippen molar-refractivity contribution in [3.05, 3.63) is 71.7 Å². The number of halogens is 3. The molecule has 3 aromatic rings. The average Bonchev–Trinajstić information content (AvgIpc) is 3.15. The van der Waals surface area contributed by atoms with Gasteiger partial charge in [-0.2, -0.15) is 8.78 Å². The molecule has 6 nitrogen and oxygen atoms in total. The van der Waals surface area contributed by atoms with Crippen LogP contribution in [0.5, 0.6) is 0 Å². The van der Waals surface area contributed by atoms with Gasteiger partial charge < -0.3 is 9.26 Å². The fourth-order valence-electron chi connectivity index (χ4n) is 2.33. The van der Waals surface area contributed by atoms with Gasteiger partial charge >= 0.3 is 11.7 Å². The maximum Gasteiger partial charge on any atom is 0.341 e. The molecule has 10 heteroatoms. The third kappa shape index (κ3) is 4.06. The Labute approximate surface area is 157 Å². The van der Waals surface area contributed by atoms with Crippen molar-refractivity contribution in [2.75, 3.05) is 0 Å². The zero-order valence-electron chi connectivity index (χ0n) is 14.0. The van der Waals surface area contributed by atoms with Crippen LogP contribution in [0.25, 0.3) is 11.3 Å². The van der Waals surface area contributed by atoms with Crippen LogP contribution in [0.2, 0.25) is 0 Å². The molecule has 1 aromatic heterocycles. The summed E-state index contributed by atoms with van der Waals surface area (Å²) in [5, 5.41) is 3.70. The van der Waals surface area contributed by atoms with E-state index in [9.17, 15) is 26.4 Å². The number of hydrogen-bond donors (Lipinski definition) is 0. The number of carbonyl (C=O) groups excluding carboxylic acids is 1. The van der Waals surface area contributed by atoms with Crippen LogP contribution in [-0.2, 0) is 21.2 Å². The molecule has 0 aliphatic heterocycles. The fraction of sp³-hybridized carbons (Fsp3) is 0.111. The van der Waals surface area contributed by atoms with Crippen molar-refractivity contribution in [2.24, 2.45) is 0 Å². The van der Waals surface area contributed by atoms with Crippen LogP contribution in [0.1, 0.15) is 16.1 Å². The SMILES string of the molecule is O=C(OCc1cc(-c2ccc(F)cc2)on1)c1ccccc1S(=O)(=O)C(F)F. The number of hydrogen-bond acceptors (Lipinski definition) is 6. The Morgan fingerprint density at radius 1 is 1.11 bits per heavy atom. The van der Waals surface area contributed by atoms with E-state index < -0.39 is 37.8 Å². The van der Waals surface area contributed by atoms with Crippen LogP contribution < -0.4 is 0 Å². The lowest BCUT2D eigenvalue weighted by atomic mass is 10.1. The molecule has 0 aliphatic carbocycles. The monoisotopic (exact) mass is 411 g/mol. The first-order valence-electron chi connectivity index (χ1n) is 7.79. The molecule has 0 amide bonds. The third-order valence-electron chi connectivity index (χ3n) is 3.69. The van der Waals surface area contributed by atoms with Crippen LogP contribution in [0, 0.1) is 5.82 Å². The summed E-state index contributed by atoms with van der Waals surface area (Å²) in [7, 11) is -4.97. The molecule has 0 unspecified atom stereocenters. The first-order chi connectivity index (χ1) is 13.3. The predicted molar refractivity (Wildman–Crippen MR) is 90.6 cm³/mol. The molecule has 0 N–H and O–H groups in total. The van der Waals surface area contributed by atoms with Gasteiger partial charge in [0.2, 0.25) is 9.84 Å². The second-order valence-electron chi connectivity index (χ2n) is 5.57. The van der Waals surface area contributed by atoms with Gasteiger partial charge in [-0.15, -0.1) is 0 Å². The van der Waals surface area contributed by atoms with E-state index in [0.717, 1.165) is 12.1 Å².